The van der Waals surface area contributed by atoms with Crippen molar-refractivity contribution in [2.75, 3.05) is 20.6 Å². The Balaban J connectivity index is 0.000000694. The normalized spacial score (nSPS) is 11.3. The molecule has 28 heavy (non-hydrogen) atoms. The van der Waals surface area contributed by atoms with Crippen molar-refractivity contribution >= 4 is 35.9 Å². The van der Waals surface area contributed by atoms with Crippen molar-refractivity contribution in [2.45, 2.75) is 12.3 Å². The van der Waals surface area contributed by atoms with E-state index < -0.39 is 11.9 Å². The van der Waals surface area contributed by atoms with Gasteiger partial charge in [0.05, 0.1) is 0 Å². The molecule has 1 unspecified atom stereocenters. The van der Waals surface area contributed by atoms with Gasteiger partial charge < -0.3 is 15.1 Å². The van der Waals surface area contributed by atoms with E-state index in [0.717, 1.165) is 23.7 Å². The second-order valence-corrected chi connectivity index (χ2v) is 6.40. The first-order valence-corrected chi connectivity index (χ1v) is 8.62. The summed E-state index contributed by atoms with van der Waals surface area (Å²) >= 11 is 5.97. The van der Waals surface area contributed by atoms with E-state index >= 15 is 0 Å². The number of halogens is 2. The minimum atomic E-state index is -1.26. The minimum Gasteiger partial charge on any atom is -0.478 e. The van der Waals surface area contributed by atoms with Crippen LogP contribution in [-0.2, 0) is 9.59 Å². The van der Waals surface area contributed by atoms with Crippen LogP contribution in [0.4, 0.5) is 0 Å². The molecule has 0 spiro atoms. The molecule has 0 radical (unpaired) electrons. The van der Waals surface area contributed by atoms with Gasteiger partial charge >= 0.3 is 11.9 Å². The van der Waals surface area contributed by atoms with Crippen LogP contribution in [0.25, 0.3) is 0 Å². The molecule has 0 bridgehead atoms. The van der Waals surface area contributed by atoms with Crippen molar-refractivity contribution in [2.24, 2.45) is 0 Å². The van der Waals surface area contributed by atoms with Crippen LogP contribution in [0.15, 0.2) is 60.8 Å². The molecule has 0 amide bonds. The summed E-state index contributed by atoms with van der Waals surface area (Å²) in [6.45, 7) is 1.03. The number of carbonyl (C=O) groups is 2. The summed E-state index contributed by atoms with van der Waals surface area (Å²) in [5, 5.41) is 16.4. The summed E-state index contributed by atoms with van der Waals surface area (Å²) in [4.78, 5) is 25.8. The van der Waals surface area contributed by atoms with Gasteiger partial charge in [0, 0.05) is 35.0 Å². The van der Waals surface area contributed by atoms with Crippen molar-refractivity contribution in [3.05, 3.63) is 77.1 Å². The fourth-order valence-corrected chi connectivity index (χ4v) is 2.42. The highest BCUT2D eigenvalue weighted by Crippen LogP contribution is 2.27. The van der Waals surface area contributed by atoms with Gasteiger partial charge in [0.25, 0.3) is 0 Å². The van der Waals surface area contributed by atoms with Crippen LogP contribution in [0.1, 0.15) is 23.6 Å². The molecule has 2 aromatic rings. The summed E-state index contributed by atoms with van der Waals surface area (Å²) in [7, 11) is 4.19. The molecule has 0 aliphatic carbocycles. The van der Waals surface area contributed by atoms with Gasteiger partial charge in [-0.15, -0.1) is 12.4 Å². The van der Waals surface area contributed by atoms with Crippen LogP contribution in [0, 0.1) is 0 Å². The lowest BCUT2D eigenvalue weighted by molar-refractivity contribution is -0.134. The molecule has 1 atom stereocenters. The molecular formula is C20H24Cl2N2O4. The van der Waals surface area contributed by atoms with E-state index in [1.54, 1.807) is 0 Å². The monoisotopic (exact) mass is 426 g/mol. The van der Waals surface area contributed by atoms with E-state index in [1.165, 1.54) is 5.56 Å². The van der Waals surface area contributed by atoms with Crippen molar-refractivity contribution in [3.8, 4) is 0 Å². The van der Waals surface area contributed by atoms with E-state index in [2.05, 4.69) is 42.2 Å². The summed E-state index contributed by atoms with van der Waals surface area (Å²) in [5.41, 5.74) is 2.39. The van der Waals surface area contributed by atoms with Crippen LogP contribution < -0.4 is 0 Å². The summed E-state index contributed by atoms with van der Waals surface area (Å²) in [6, 6.07) is 14.2. The molecule has 6 nitrogen and oxygen atoms in total. The van der Waals surface area contributed by atoms with Crippen LogP contribution in [0.5, 0.6) is 0 Å². The number of hydrogen-bond acceptors (Lipinski definition) is 4. The standard InChI is InChI=1S/C16H19ClN2.C4H4O4.ClH/c1-19(2)12-10-15(16-5-3-4-11-18-16)13-6-8-14(17)9-7-13;5-3(6)1-2-4(7)8;/h3-9,11,15H,10,12H2,1-2H3;1-2H,(H,5,6)(H,7,8);1H/b;2-1-;. The topological polar surface area (TPSA) is 90.7 Å². The second-order valence-electron chi connectivity index (χ2n) is 5.96. The SMILES string of the molecule is CN(C)CCC(c1ccc(Cl)cc1)c1ccccn1.Cl.O=C(O)/C=C\C(=O)O. The summed E-state index contributed by atoms with van der Waals surface area (Å²) in [6.07, 6.45) is 4.02. The van der Waals surface area contributed by atoms with Crippen LogP contribution in [-0.4, -0.2) is 52.7 Å². The Morgan fingerprint density at radius 2 is 1.64 bits per heavy atom. The molecule has 8 heteroatoms. The maximum atomic E-state index is 9.55. The van der Waals surface area contributed by atoms with Gasteiger partial charge in [-0.25, -0.2) is 9.59 Å². The fourth-order valence-electron chi connectivity index (χ4n) is 2.29. The maximum Gasteiger partial charge on any atom is 0.328 e. The van der Waals surface area contributed by atoms with Gasteiger partial charge in [0.1, 0.15) is 0 Å². The van der Waals surface area contributed by atoms with E-state index in [1.807, 2.05) is 30.5 Å². The highest BCUT2D eigenvalue weighted by Gasteiger charge is 2.15. The molecule has 0 fully saturated rings. The Hall–Kier alpha value is -2.41. The van der Waals surface area contributed by atoms with Crippen LogP contribution in [0.3, 0.4) is 0 Å². The average molecular weight is 427 g/mol. The van der Waals surface area contributed by atoms with E-state index in [-0.39, 0.29) is 12.4 Å². The third-order valence-corrected chi connectivity index (χ3v) is 3.80. The van der Waals surface area contributed by atoms with Gasteiger partial charge in [-0.3, -0.25) is 4.98 Å². The molecule has 0 saturated carbocycles. The Morgan fingerprint density at radius 3 is 2.07 bits per heavy atom. The van der Waals surface area contributed by atoms with E-state index in [0.29, 0.717) is 18.1 Å². The lowest BCUT2D eigenvalue weighted by atomic mass is 9.92. The average Bonchev–Trinajstić information content (AvgIpc) is 2.63. The van der Waals surface area contributed by atoms with Gasteiger partial charge in [-0.1, -0.05) is 29.8 Å². The molecule has 2 N–H and O–H groups in total. The minimum absolute atomic E-state index is 0. The van der Waals surface area contributed by atoms with Gasteiger partial charge in [0.2, 0.25) is 0 Å². The molecule has 2 rings (SSSR count). The van der Waals surface area contributed by atoms with Gasteiger partial charge in [-0.05, 0) is 56.9 Å². The van der Waals surface area contributed by atoms with Crippen LogP contribution >= 0.6 is 24.0 Å². The predicted molar refractivity (Wildman–Crippen MR) is 112 cm³/mol. The lowest BCUT2D eigenvalue weighted by Gasteiger charge is -2.19. The largest absolute Gasteiger partial charge is 0.478 e. The van der Waals surface area contributed by atoms with Crippen molar-refractivity contribution in [1.29, 1.82) is 0 Å². The Kier molecular flexibility index (Phi) is 12.5. The summed E-state index contributed by atoms with van der Waals surface area (Å²) in [5.74, 6) is -2.19. The zero-order chi connectivity index (χ0) is 20.2. The third-order valence-electron chi connectivity index (χ3n) is 3.55. The zero-order valence-corrected chi connectivity index (χ0v) is 17.2. The first-order valence-electron chi connectivity index (χ1n) is 8.24. The number of benzene rings is 1. The van der Waals surface area contributed by atoms with E-state index in [9.17, 15) is 9.59 Å². The first kappa shape index (κ1) is 25.6. The van der Waals surface area contributed by atoms with E-state index in [4.69, 9.17) is 21.8 Å². The Labute approximate surface area is 175 Å². The molecule has 1 heterocycles. The molecule has 1 aromatic heterocycles. The zero-order valence-electron chi connectivity index (χ0n) is 15.7. The first-order chi connectivity index (χ1) is 12.8. The van der Waals surface area contributed by atoms with Gasteiger partial charge in [-0.2, -0.15) is 0 Å². The van der Waals surface area contributed by atoms with Crippen molar-refractivity contribution in [3.63, 3.8) is 0 Å². The highest BCUT2D eigenvalue weighted by atomic mass is 35.5. The molecule has 0 aliphatic heterocycles. The smallest absolute Gasteiger partial charge is 0.328 e. The van der Waals surface area contributed by atoms with Crippen LogP contribution in [0.2, 0.25) is 5.02 Å². The van der Waals surface area contributed by atoms with Gasteiger partial charge in [0.15, 0.2) is 0 Å². The number of carboxylic acid groups (broad SMARTS) is 2. The number of pyridine rings is 1. The predicted octanol–water partition coefficient (Wildman–Crippen LogP) is 3.95. The highest BCUT2D eigenvalue weighted by molar-refractivity contribution is 6.30. The fraction of sp³-hybridized carbons (Fsp3) is 0.250. The second kappa shape index (κ2) is 13.7. The maximum absolute atomic E-state index is 9.55. The molecule has 0 saturated heterocycles. The number of hydrogen-bond donors (Lipinski definition) is 2. The molecule has 0 aliphatic rings. The van der Waals surface area contributed by atoms with Crippen molar-refractivity contribution in [1.82, 2.24) is 9.88 Å². The lowest BCUT2D eigenvalue weighted by Crippen LogP contribution is -2.17. The number of nitrogens with zero attached hydrogens (tertiary/aromatic N) is 2. The molecule has 1 aromatic carbocycles. The molecular weight excluding hydrogens is 403 g/mol. The third kappa shape index (κ3) is 10.7. The number of aromatic nitrogens is 1. The van der Waals surface area contributed by atoms with Crippen molar-refractivity contribution < 1.29 is 19.8 Å². The number of carboxylic acids is 2. The molecule has 152 valence electrons. The summed E-state index contributed by atoms with van der Waals surface area (Å²) < 4.78 is 0. The Morgan fingerprint density at radius 1 is 1.07 bits per heavy atom. The quantitative estimate of drug-likeness (QED) is 0.651. The number of rotatable bonds is 7. The number of aliphatic carboxylic acids is 2. The Bertz CT molecular complexity index is 735.